The van der Waals surface area contributed by atoms with Crippen LogP contribution in [0.2, 0.25) is 5.02 Å². The van der Waals surface area contributed by atoms with Crippen LogP contribution in [0.25, 0.3) is 0 Å². The van der Waals surface area contributed by atoms with E-state index >= 15 is 0 Å². The summed E-state index contributed by atoms with van der Waals surface area (Å²) in [5, 5.41) is 4.48. The quantitative estimate of drug-likeness (QED) is 0.675. The van der Waals surface area contributed by atoms with Gasteiger partial charge in [0, 0.05) is 61.7 Å². The van der Waals surface area contributed by atoms with E-state index in [0.29, 0.717) is 50.3 Å². The Morgan fingerprint density at radius 3 is 2.46 bits per heavy atom. The molecule has 5 rings (SSSR count). The minimum Gasteiger partial charge on any atom is -0.366 e. The minimum atomic E-state index is -0.0373. The van der Waals surface area contributed by atoms with Crippen LogP contribution >= 0.6 is 11.6 Å². The van der Waals surface area contributed by atoms with E-state index in [2.05, 4.69) is 22.3 Å². The number of carbonyl (C=O) groups excluding carboxylic acids is 2. The fraction of sp³-hybridized carbons (Fsp3) is 0.538. The van der Waals surface area contributed by atoms with Crippen molar-refractivity contribution in [1.82, 2.24) is 19.8 Å². The molecule has 35 heavy (non-hydrogen) atoms. The molecule has 1 aliphatic carbocycles. The summed E-state index contributed by atoms with van der Waals surface area (Å²) in [6.07, 6.45) is 3.28. The third-order valence-corrected chi connectivity index (χ3v) is 7.81. The van der Waals surface area contributed by atoms with Crippen LogP contribution in [0.1, 0.15) is 67.6 Å². The van der Waals surface area contributed by atoms with Crippen molar-refractivity contribution >= 4 is 35.2 Å². The van der Waals surface area contributed by atoms with Crippen molar-refractivity contribution in [1.29, 1.82) is 0 Å². The largest absolute Gasteiger partial charge is 0.366 e. The first-order valence-electron chi connectivity index (χ1n) is 12.6. The molecule has 1 aromatic carbocycles. The fourth-order valence-corrected chi connectivity index (χ4v) is 5.62. The Morgan fingerprint density at radius 2 is 1.80 bits per heavy atom. The van der Waals surface area contributed by atoms with E-state index in [-0.39, 0.29) is 23.9 Å². The fourth-order valence-electron chi connectivity index (χ4n) is 5.49. The highest BCUT2D eigenvalue weighted by molar-refractivity contribution is 6.30. The molecule has 0 spiro atoms. The van der Waals surface area contributed by atoms with Crippen LogP contribution in [-0.2, 0) is 11.3 Å². The molecular weight excluding hydrogens is 464 g/mol. The number of benzene rings is 1. The number of nitrogens with one attached hydrogen (secondary N) is 1. The monoisotopic (exact) mass is 496 g/mol. The molecule has 1 saturated carbocycles. The van der Waals surface area contributed by atoms with Crippen molar-refractivity contribution in [2.24, 2.45) is 0 Å². The predicted molar refractivity (Wildman–Crippen MR) is 137 cm³/mol. The molecule has 2 atom stereocenters. The molecule has 0 radical (unpaired) electrons. The second-order valence-corrected chi connectivity index (χ2v) is 10.5. The summed E-state index contributed by atoms with van der Waals surface area (Å²) in [6.45, 7) is 8.73. The number of hydrogen-bond acceptors (Lipinski definition) is 6. The molecule has 0 bridgehead atoms. The van der Waals surface area contributed by atoms with Crippen LogP contribution < -0.4 is 10.2 Å². The summed E-state index contributed by atoms with van der Waals surface area (Å²) in [5.74, 6) is 1.73. The molecule has 2 fully saturated rings. The lowest BCUT2D eigenvalue weighted by molar-refractivity contribution is -0.129. The van der Waals surface area contributed by atoms with E-state index in [0.717, 1.165) is 35.7 Å². The van der Waals surface area contributed by atoms with Gasteiger partial charge in [-0.15, -0.1) is 0 Å². The number of halogens is 1. The van der Waals surface area contributed by atoms with Crippen LogP contribution in [0.3, 0.4) is 0 Å². The van der Waals surface area contributed by atoms with Gasteiger partial charge in [-0.1, -0.05) is 30.2 Å². The van der Waals surface area contributed by atoms with Crippen molar-refractivity contribution in [3.05, 3.63) is 46.1 Å². The molecule has 8 nitrogen and oxygen atoms in total. The van der Waals surface area contributed by atoms with Crippen LogP contribution in [-0.4, -0.2) is 69.8 Å². The van der Waals surface area contributed by atoms with Gasteiger partial charge in [0.05, 0.1) is 6.54 Å². The van der Waals surface area contributed by atoms with Gasteiger partial charge in [-0.2, -0.15) is 4.98 Å². The number of hydrogen-bond donors (Lipinski definition) is 1. The minimum absolute atomic E-state index is 0.0373. The second kappa shape index (κ2) is 9.64. The van der Waals surface area contributed by atoms with Gasteiger partial charge in [-0.25, -0.2) is 4.98 Å². The Kier molecular flexibility index (Phi) is 6.57. The maximum Gasteiger partial charge on any atom is 0.273 e. The van der Waals surface area contributed by atoms with E-state index in [4.69, 9.17) is 21.6 Å². The lowest BCUT2D eigenvalue weighted by atomic mass is 9.94. The van der Waals surface area contributed by atoms with E-state index in [9.17, 15) is 9.59 Å². The Bertz CT molecular complexity index is 1110. The average molecular weight is 497 g/mol. The SMILES string of the molecule is CC(=O)N1CCN(c2nc(N[C@H]3CCC[C@@H]3c3ccc(Cl)cc3)c3c(n2)C(=O)N(C(C)C)C3)CC1. The first-order chi connectivity index (χ1) is 16.8. The molecule has 2 aliphatic heterocycles. The molecule has 3 heterocycles. The van der Waals surface area contributed by atoms with Crippen molar-refractivity contribution in [2.45, 2.75) is 64.6 Å². The van der Waals surface area contributed by atoms with Gasteiger partial charge in [-0.05, 0) is 44.4 Å². The average Bonchev–Trinajstić information content (AvgIpc) is 3.44. The summed E-state index contributed by atoms with van der Waals surface area (Å²) in [6, 6.07) is 8.43. The van der Waals surface area contributed by atoms with E-state index < -0.39 is 0 Å². The summed E-state index contributed by atoms with van der Waals surface area (Å²) >= 11 is 6.12. The van der Waals surface area contributed by atoms with E-state index in [1.807, 2.05) is 35.8 Å². The number of carbonyl (C=O) groups is 2. The summed E-state index contributed by atoms with van der Waals surface area (Å²) < 4.78 is 0. The molecule has 2 amide bonds. The lowest BCUT2D eigenvalue weighted by Gasteiger charge is -2.34. The number of nitrogens with zero attached hydrogens (tertiary/aromatic N) is 5. The van der Waals surface area contributed by atoms with Gasteiger partial charge in [0.15, 0.2) is 0 Å². The van der Waals surface area contributed by atoms with Crippen LogP contribution in [0.4, 0.5) is 11.8 Å². The lowest BCUT2D eigenvalue weighted by Crippen LogP contribution is -2.48. The third kappa shape index (κ3) is 4.68. The van der Waals surface area contributed by atoms with Crippen molar-refractivity contribution in [3.63, 3.8) is 0 Å². The summed E-state index contributed by atoms with van der Waals surface area (Å²) in [5.41, 5.74) is 2.66. The highest BCUT2D eigenvalue weighted by Crippen LogP contribution is 2.39. The van der Waals surface area contributed by atoms with Crippen molar-refractivity contribution in [2.75, 3.05) is 36.4 Å². The zero-order valence-electron chi connectivity index (χ0n) is 20.6. The highest BCUT2D eigenvalue weighted by Gasteiger charge is 2.37. The second-order valence-electron chi connectivity index (χ2n) is 10.1. The number of aromatic nitrogens is 2. The van der Waals surface area contributed by atoms with E-state index in [1.165, 1.54) is 5.56 Å². The van der Waals surface area contributed by atoms with Gasteiger partial charge in [0.25, 0.3) is 5.91 Å². The van der Waals surface area contributed by atoms with Crippen LogP contribution in [0, 0.1) is 0 Å². The first kappa shape index (κ1) is 23.9. The van der Waals surface area contributed by atoms with Crippen LogP contribution in [0.5, 0.6) is 0 Å². The zero-order valence-corrected chi connectivity index (χ0v) is 21.4. The number of anilines is 2. The van der Waals surface area contributed by atoms with Gasteiger partial charge >= 0.3 is 0 Å². The first-order valence-corrected chi connectivity index (χ1v) is 12.9. The number of piperazine rings is 1. The standard InChI is InChI=1S/C26H33ClN6O2/c1-16(2)33-15-21-23(25(33)35)29-26(32-13-11-31(12-14-32)17(3)34)30-24(21)28-22-6-4-5-20(22)18-7-9-19(27)10-8-18/h7-10,16,20,22H,4-6,11-15H2,1-3H3,(H,28,29,30)/t20-,22+/m1/s1. The molecule has 1 aromatic heterocycles. The van der Waals surface area contributed by atoms with Crippen molar-refractivity contribution in [3.8, 4) is 0 Å². The van der Waals surface area contributed by atoms with Crippen LogP contribution in [0.15, 0.2) is 24.3 Å². The van der Waals surface area contributed by atoms with Gasteiger partial charge in [-0.3, -0.25) is 9.59 Å². The molecule has 2 aromatic rings. The molecule has 1 saturated heterocycles. The molecule has 3 aliphatic rings. The number of fused-ring (bicyclic) bond motifs is 1. The Balaban J connectivity index is 1.45. The molecule has 1 N–H and O–H groups in total. The maximum absolute atomic E-state index is 13.2. The smallest absolute Gasteiger partial charge is 0.273 e. The Labute approximate surface area is 211 Å². The Morgan fingerprint density at radius 1 is 1.09 bits per heavy atom. The Hall–Kier alpha value is -2.87. The topological polar surface area (TPSA) is 81.7 Å². The highest BCUT2D eigenvalue weighted by atomic mass is 35.5. The van der Waals surface area contributed by atoms with Gasteiger partial charge in [0.1, 0.15) is 11.5 Å². The third-order valence-electron chi connectivity index (χ3n) is 7.55. The summed E-state index contributed by atoms with van der Waals surface area (Å²) in [4.78, 5) is 40.5. The number of rotatable bonds is 5. The normalized spacial score (nSPS) is 22.2. The van der Waals surface area contributed by atoms with E-state index in [1.54, 1.807) is 6.92 Å². The number of amides is 2. The zero-order chi connectivity index (χ0) is 24.7. The maximum atomic E-state index is 13.2. The molecule has 0 unspecified atom stereocenters. The molecule has 186 valence electrons. The van der Waals surface area contributed by atoms with Gasteiger partial charge < -0.3 is 20.0 Å². The van der Waals surface area contributed by atoms with Crippen molar-refractivity contribution < 1.29 is 9.59 Å². The molecule has 9 heteroatoms. The molecular formula is C26H33ClN6O2. The predicted octanol–water partition coefficient (Wildman–Crippen LogP) is 3.91. The summed E-state index contributed by atoms with van der Waals surface area (Å²) in [7, 11) is 0. The van der Waals surface area contributed by atoms with Gasteiger partial charge in [0.2, 0.25) is 11.9 Å².